The summed E-state index contributed by atoms with van der Waals surface area (Å²) in [5.41, 5.74) is -0.246. The van der Waals surface area contributed by atoms with Crippen molar-refractivity contribution in [2.45, 2.75) is 49.7 Å². The van der Waals surface area contributed by atoms with E-state index >= 15 is 0 Å². The van der Waals surface area contributed by atoms with E-state index in [1.807, 2.05) is 20.8 Å². The molecule has 0 N–H and O–H groups in total. The largest absolute Gasteiger partial charge is 0.223 e. The highest BCUT2D eigenvalue weighted by Crippen LogP contribution is 2.53. The van der Waals surface area contributed by atoms with E-state index in [0.717, 1.165) is 19.3 Å². The molecule has 100 valence electrons. The van der Waals surface area contributed by atoms with Gasteiger partial charge in [0.2, 0.25) is 0 Å². The molecule has 0 bridgehead atoms. The Morgan fingerprint density at radius 2 is 1.61 bits per heavy atom. The summed E-state index contributed by atoms with van der Waals surface area (Å²) in [6, 6.07) is 6.51. The Bertz CT molecular complexity index is 534. The Morgan fingerprint density at radius 3 is 1.94 bits per heavy atom. The highest BCUT2D eigenvalue weighted by molar-refractivity contribution is 7.93. The van der Waals surface area contributed by atoms with Crippen molar-refractivity contribution in [2.24, 2.45) is 5.41 Å². The summed E-state index contributed by atoms with van der Waals surface area (Å²) in [6.45, 7) is 6.04. The van der Waals surface area contributed by atoms with Crippen molar-refractivity contribution in [1.82, 2.24) is 0 Å². The van der Waals surface area contributed by atoms with Crippen LogP contribution in [-0.4, -0.2) is 13.2 Å². The van der Waals surface area contributed by atoms with E-state index in [-0.39, 0.29) is 5.41 Å². The lowest BCUT2D eigenvalue weighted by Gasteiger charge is -2.50. The van der Waals surface area contributed by atoms with E-state index in [9.17, 15) is 8.42 Å². The number of hydrogen-bond acceptors (Lipinski definition) is 2. The second-order valence-electron chi connectivity index (χ2n) is 6.06. The molecular formula is C14H19ClO2S. The fourth-order valence-corrected chi connectivity index (χ4v) is 5.46. The first-order valence-corrected chi connectivity index (χ1v) is 8.07. The number of benzene rings is 1. The van der Waals surface area contributed by atoms with Gasteiger partial charge in [-0.25, -0.2) is 8.42 Å². The van der Waals surface area contributed by atoms with Crippen molar-refractivity contribution >= 4 is 21.4 Å². The Morgan fingerprint density at radius 1 is 1.11 bits per heavy atom. The van der Waals surface area contributed by atoms with Crippen LogP contribution in [0, 0.1) is 5.41 Å². The molecule has 0 heterocycles. The third-order valence-corrected chi connectivity index (χ3v) is 7.36. The van der Waals surface area contributed by atoms with Gasteiger partial charge in [0, 0.05) is 5.02 Å². The predicted molar refractivity (Wildman–Crippen MR) is 74.7 cm³/mol. The molecule has 0 amide bonds. The highest BCUT2D eigenvalue weighted by Gasteiger charge is 2.56. The minimum absolute atomic E-state index is 0.246. The minimum atomic E-state index is -3.30. The Kier molecular flexibility index (Phi) is 3.27. The Balaban J connectivity index is 2.51. The molecule has 1 aromatic rings. The van der Waals surface area contributed by atoms with Crippen molar-refractivity contribution in [3.8, 4) is 0 Å². The lowest BCUT2D eigenvalue weighted by Crippen LogP contribution is -2.54. The first kappa shape index (κ1) is 13.9. The maximum absolute atomic E-state index is 12.9. The van der Waals surface area contributed by atoms with Crippen LogP contribution in [0.1, 0.15) is 40.0 Å². The number of halogens is 1. The van der Waals surface area contributed by atoms with Crippen LogP contribution in [0.5, 0.6) is 0 Å². The molecule has 0 radical (unpaired) electrons. The van der Waals surface area contributed by atoms with Crippen molar-refractivity contribution in [1.29, 1.82) is 0 Å². The van der Waals surface area contributed by atoms with E-state index in [1.54, 1.807) is 24.3 Å². The van der Waals surface area contributed by atoms with E-state index in [0.29, 0.717) is 9.92 Å². The summed E-state index contributed by atoms with van der Waals surface area (Å²) >= 11 is 5.82. The van der Waals surface area contributed by atoms with Gasteiger partial charge in [0.15, 0.2) is 9.84 Å². The molecule has 18 heavy (non-hydrogen) atoms. The van der Waals surface area contributed by atoms with Gasteiger partial charge in [0.1, 0.15) is 0 Å². The summed E-state index contributed by atoms with van der Waals surface area (Å²) in [5.74, 6) is 0. The zero-order chi connectivity index (χ0) is 13.6. The summed E-state index contributed by atoms with van der Waals surface area (Å²) in [6.07, 6.45) is 2.49. The molecule has 1 aliphatic rings. The molecule has 0 aliphatic heterocycles. The van der Waals surface area contributed by atoms with Crippen molar-refractivity contribution in [2.75, 3.05) is 0 Å². The second kappa shape index (κ2) is 4.24. The van der Waals surface area contributed by atoms with E-state index in [1.165, 1.54) is 0 Å². The molecule has 0 unspecified atom stereocenters. The standard InChI is InChI=1S/C14H19ClO2S/c1-13(2,3)14(9-4-10-14)18(16,17)12-7-5-11(15)6-8-12/h5-8H,4,9-10H2,1-3H3. The summed E-state index contributed by atoms with van der Waals surface area (Å²) in [7, 11) is -3.30. The number of hydrogen-bond donors (Lipinski definition) is 0. The van der Waals surface area contributed by atoms with Crippen molar-refractivity contribution in [3.63, 3.8) is 0 Å². The van der Waals surface area contributed by atoms with Crippen LogP contribution >= 0.6 is 11.6 Å². The highest BCUT2D eigenvalue weighted by atomic mass is 35.5. The third-order valence-electron chi connectivity index (χ3n) is 4.17. The molecule has 1 fully saturated rings. The molecule has 1 saturated carbocycles. The fraction of sp³-hybridized carbons (Fsp3) is 0.571. The van der Waals surface area contributed by atoms with Gasteiger partial charge < -0.3 is 0 Å². The molecule has 2 rings (SSSR count). The van der Waals surface area contributed by atoms with Crippen LogP contribution in [0.2, 0.25) is 5.02 Å². The van der Waals surface area contributed by atoms with Crippen LogP contribution in [0.4, 0.5) is 0 Å². The van der Waals surface area contributed by atoms with Gasteiger partial charge >= 0.3 is 0 Å². The normalized spacial score (nSPS) is 19.3. The smallest absolute Gasteiger partial charge is 0.184 e. The van der Waals surface area contributed by atoms with Gasteiger partial charge in [0.05, 0.1) is 9.64 Å². The van der Waals surface area contributed by atoms with Crippen LogP contribution in [0.25, 0.3) is 0 Å². The molecule has 0 atom stereocenters. The van der Waals surface area contributed by atoms with Crippen LogP contribution in [0.15, 0.2) is 29.2 Å². The predicted octanol–water partition coefficient (Wildman–Crippen LogP) is 4.08. The molecule has 2 nitrogen and oxygen atoms in total. The van der Waals surface area contributed by atoms with Gasteiger partial charge in [-0.3, -0.25) is 0 Å². The fourth-order valence-electron chi connectivity index (χ4n) is 2.76. The maximum Gasteiger partial charge on any atom is 0.184 e. The molecule has 0 aromatic heterocycles. The number of rotatable bonds is 2. The van der Waals surface area contributed by atoms with Crippen molar-refractivity contribution < 1.29 is 8.42 Å². The summed E-state index contributed by atoms with van der Waals surface area (Å²) in [4.78, 5) is 0.390. The summed E-state index contributed by atoms with van der Waals surface area (Å²) in [5, 5.41) is 0.562. The lowest BCUT2D eigenvalue weighted by molar-refractivity contribution is 0.168. The quantitative estimate of drug-likeness (QED) is 0.821. The zero-order valence-corrected chi connectivity index (χ0v) is 12.6. The van der Waals surface area contributed by atoms with E-state index < -0.39 is 14.6 Å². The summed E-state index contributed by atoms with van der Waals surface area (Å²) < 4.78 is 25.1. The number of sulfone groups is 1. The van der Waals surface area contributed by atoms with Gasteiger partial charge in [-0.1, -0.05) is 38.8 Å². The van der Waals surface area contributed by atoms with Crippen molar-refractivity contribution in [3.05, 3.63) is 29.3 Å². The first-order chi connectivity index (χ1) is 8.21. The third kappa shape index (κ3) is 1.88. The molecule has 0 saturated heterocycles. The second-order valence-corrected chi connectivity index (χ2v) is 8.75. The first-order valence-electron chi connectivity index (χ1n) is 6.21. The Hall–Kier alpha value is -0.540. The van der Waals surface area contributed by atoms with Crippen LogP contribution < -0.4 is 0 Å². The monoisotopic (exact) mass is 286 g/mol. The SMILES string of the molecule is CC(C)(C)C1(S(=O)(=O)c2ccc(Cl)cc2)CCC1. The topological polar surface area (TPSA) is 34.1 Å². The van der Waals surface area contributed by atoms with Gasteiger partial charge in [-0.05, 0) is 42.5 Å². The molecule has 1 aliphatic carbocycles. The molecular weight excluding hydrogens is 268 g/mol. The minimum Gasteiger partial charge on any atom is -0.223 e. The average Bonchev–Trinajstić information content (AvgIpc) is 2.12. The lowest BCUT2D eigenvalue weighted by atomic mass is 9.67. The molecule has 4 heteroatoms. The van der Waals surface area contributed by atoms with Gasteiger partial charge in [-0.15, -0.1) is 0 Å². The molecule has 0 spiro atoms. The van der Waals surface area contributed by atoms with Gasteiger partial charge in [0.25, 0.3) is 0 Å². The average molecular weight is 287 g/mol. The van der Waals surface area contributed by atoms with E-state index in [4.69, 9.17) is 11.6 Å². The Labute approximate surface area is 114 Å². The maximum atomic E-state index is 12.9. The van der Waals surface area contributed by atoms with Crippen LogP contribution in [-0.2, 0) is 9.84 Å². The van der Waals surface area contributed by atoms with Crippen LogP contribution in [0.3, 0.4) is 0 Å². The zero-order valence-electron chi connectivity index (χ0n) is 11.0. The van der Waals surface area contributed by atoms with Gasteiger partial charge in [-0.2, -0.15) is 0 Å². The molecule has 1 aromatic carbocycles. The van der Waals surface area contributed by atoms with E-state index in [2.05, 4.69) is 0 Å².